The highest BCUT2D eigenvalue weighted by Gasteiger charge is 2.45. The van der Waals surface area contributed by atoms with E-state index in [1.807, 2.05) is 48.5 Å². The normalized spacial score (nSPS) is 16.7. The van der Waals surface area contributed by atoms with E-state index in [1.54, 1.807) is 37.4 Å². The minimum absolute atomic E-state index is 0.0418. The number of benzene rings is 3. The fourth-order valence-corrected chi connectivity index (χ4v) is 4.34. The van der Waals surface area contributed by atoms with E-state index in [2.05, 4.69) is 13.8 Å². The SMILES string of the molecule is COCCCN1C(=O)C(=O)/C(=C(/O)c2ccc(OCC(C)C)cc2)C1c1cccc(Oc2ccccc2)c1. The van der Waals surface area contributed by atoms with Gasteiger partial charge in [0.25, 0.3) is 11.7 Å². The number of para-hydroxylation sites is 1. The first-order chi connectivity index (χ1) is 18.4. The van der Waals surface area contributed by atoms with Crippen molar-refractivity contribution in [3.8, 4) is 17.2 Å². The van der Waals surface area contributed by atoms with Gasteiger partial charge in [0.05, 0.1) is 18.2 Å². The van der Waals surface area contributed by atoms with Gasteiger partial charge in [-0.1, -0.05) is 44.2 Å². The highest BCUT2D eigenvalue weighted by Crippen LogP contribution is 2.40. The molecule has 0 saturated carbocycles. The van der Waals surface area contributed by atoms with E-state index in [0.717, 1.165) is 0 Å². The molecule has 3 aromatic carbocycles. The Balaban J connectivity index is 1.72. The molecular weight excluding hydrogens is 482 g/mol. The van der Waals surface area contributed by atoms with Crippen molar-refractivity contribution in [3.05, 3.63) is 95.6 Å². The summed E-state index contributed by atoms with van der Waals surface area (Å²) in [5.74, 6) is 0.656. The molecule has 1 aliphatic heterocycles. The number of amides is 1. The lowest BCUT2D eigenvalue weighted by Gasteiger charge is -2.25. The molecule has 0 spiro atoms. The van der Waals surface area contributed by atoms with Crippen LogP contribution in [0.2, 0.25) is 0 Å². The van der Waals surface area contributed by atoms with Crippen LogP contribution >= 0.6 is 0 Å². The van der Waals surface area contributed by atoms with Crippen molar-refractivity contribution in [2.75, 3.05) is 26.9 Å². The Kier molecular flexibility index (Phi) is 8.81. The van der Waals surface area contributed by atoms with Crippen LogP contribution in [-0.4, -0.2) is 48.6 Å². The maximum Gasteiger partial charge on any atom is 0.295 e. The molecule has 1 fully saturated rings. The summed E-state index contributed by atoms with van der Waals surface area (Å²) in [7, 11) is 1.59. The first-order valence-corrected chi connectivity index (χ1v) is 12.7. The van der Waals surface area contributed by atoms with Gasteiger partial charge in [0.2, 0.25) is 0 Å². The average Bonchev–Trinajstić information content (AvgIpc) is 3.18. The molecule has 1 amide bonds. The Morgan fingerprint density at radius 2 is 1.63 bits per heavy atom. The molecule has 1 atom stereocenters. The number of methoxy groups -OCH3 is 1. The lowest BCUT2D eigenvalue weighted by atomic mass is 9.95. The highest BCUT2D eigenvalue weighted by molar-refractivity contribution is 6.46. The van der Waals surface area contributed by atoms with Crippen LogP contribution in [0.4, 0.5) is 0 Å². The molecule has 3 aromatic rings. The summed E-state index contributed by atoms with van der Waals surface area (Å²) < 4.78 is 16.9. The van der Waals surface area contributed by atoms with E-state index < -0.39 is 17.7 Å². The summed E-state index contributed by atoms with van der Waals surface area (Å²) in [5.41, 5.74) is 1.13. The van der Waals surface area contributed by atoms with E-state index in [9.17, 15) is 14.7 Å². The minimum Gasteiger partial charge on any atom is -0.507 e. The Hall–Kier alpha value is -4.10. The third-order valence-corrected chi connectivity index (χ3v) is 6.15. The lowest BCUT2D eigenvalue weighted by molar-refractivity contribution is -0.140. The Morgan fingerprint density at radius 3 is 2.32 bits per heavy atom. The lowest BCUT2D eigenvalue weighted by Crippen LogP contribution is -2.31. The van der Waals surface area contributed by atoms with E-state index in [1.165, 1.54) is 4.90 Å². The quantitative estimate of drug-likeness (QED) is 0.147. The van der Waals surface area contributed by atoms with Gasteiger partial charge < -0.3 is 24.2 Å². The molecule has 0 radical (unpaired) electrons. The number of likely N-dealkylation sites (tertiary alicyclic amines) is 1. The Labute approximate surface area is 223 Å². The Bertz CT molecular complexity index is 1280. The minimum atomic E-state index is -0.775. The third kappa shape index (κ3) is 6.23. The topological polar surface area (TPSA) is 85.3 Å². The van der Waals surface area contributed by atoms with Gasteiger partial charge in [-0.15, -0.1) is 0 Å². The van der Waals surface area contributed by atoms with E-state index in [0.29, 0.717) is 60.5 Å². The molecule has 1 saturated heterocycles. The first-order valence-electron chi connectivity index (χ1n) is 12.7. The molecule has 0 aromatic heterocycles. The van der Waals surface area contributed by atoms with Crippen molar-refractivity contribution in [3.63, 3.8) is 0 Å². The zero-order valence-corrected chi connectivity index (χ0v) is 21.9. The number of aliphatic hydroxyl groups is 1. The van der Waals surface area contributed by atoms with Crippen molar-refractivity contribution >= 4 is 17.4 Å². The molecule has 1 unspecified atom stereocenters. The summed E-state index contributed by atoms with van der Waals surface area (Å²) in [5, 5.41) is 11.3. The van der Waals surface area contributed by atoms with Crippen LogP contribution in [0.3, 0.4) is 0 Å². The second-order valence-corrected chi connectivity index (χ2v) is 9.56. The fourth-order valence-electron chi connectivity index (χ4n) is 4.34. The van der Waals surface area contributed by atoms with Crippen LogP contribution in [0, 0.1) is 5.92 Å². The number of nitrogens with zero attached hydrogens (tertiary/aromatic N) is 1. The number of aliphatic hydroxyl groups excluding tert-OH is 1. The second kappa shape index (κ2) is 12.4. The van der Waals surface area contributed by atoms with Crippen LogP contribution in [0.15, 0.2) is 84.4 Å². The highest BCUT2D eigenvalue weighted by atomic mass is 16.5. The fraction of sp³-hybridized carbons (Fsp3) is 0.290. The van der Waals surface area contributed by atoms with Crippen LogP contribution in [0.1, 0.15) is 37.4 Å². The summed E-state index contributed by atoms with van der Waals surface area (Å²) in [6.45, 7) is 5.42. The van der Waals surface area contributed by atoms with Gasteiger partial charge in [-0.05, 0) is 66.4 Å². The molecule has 0 aliphatic carbocycles. The number of carbonyl (C=O) groups excluding carboxylic acids is 2. The number of ether oxygens (including phenoxy) is 3. The summed E-state index contributed by atoms with van der Waals surface area (Å²) in [6, 6.07) is 22.7. The first kappa shape index (κ1) is 26.9. The number of rotatable bonds is 11. The molecule has 0 bridgehead atoms. The Morgan fingerprint density at radius 1 is 0.921 bits per heavy atom. The van der Waals surface area contributed by atoms with Gasteiger partial charge in [-0.3, -0.25) is 9.59 Å². The largest absolute Gasteiger partial charge is 0.507 e. The average molecular weight is 516 g/mol. The van der Waals surface area contributed by atoms with Crippen LogP contribution in [0.5, 0.6) is 17.2 Å². The van der Waals surface area contributed by atoms with E-state index in [-0.39, 0.29) is 11.3 Å². The molecule has 1 aliphatic rings. The smallest absolute Gasteiger partial charge is 0.295 e. The number of hydrogen-bond acceptors (Lipinski definition) is 6. The van der Waals surface area contributed by atoms with E-state index >= 15 is 0 Å². The van der Waals surface area contributed by atoms with Gasteiger partial charge in [0.1, 0.15) is 23.0 Å². The monoisotopic (exact) mass is 515 g/mol. The van der Waals surface area contributed by atoms with Crippen molar-refractivity contribution in [2.24, 2.45) is 5.92 Å². The zero-order valence-electron chi connectivity index (χ0n) is 21.9. The van der Waals surface area contributed by atoms with Crippen molar-refractivity contribution in [1.82, 2.24) is 4.90 Å². The standard InChI is InChI=1S/C31H33NO6/c1-21(2)20-37-24-15-13-22(14-16-24)29(33)27-28(32(17-8-18-36-3)31(35)30(27)34)23-9-7-12-26(19-23)38-25-10-5-4-6-11-25/h4-7,9-16,19,21,28,33H,8,17-18,20H2,1-3H3/b29-27+. The zero-order chi connectivity index (χ0) is 27.1. The molecule has 4 rings (SSSR count). The molecule has 7 heteroatoms. The molecule has 198 valence electrons. The maximum absolute atomic E-state index is 13.3. The van der Waals surface area contributed by atoms with Crippen molar-refractivity contribution < 1.29 is 28.9 Å². The van der Waals surface area contributed by atoms with Gasteiger partial charge in [0.15, 0.2) is 0 Å². The predicted octanol–water partition coefficient (Wildman–Crippen LogP) is 5.97. The number of carbonyl (C=O) groups is 2. The van der Waals surface area contributed by atoms with Crippen LogP contribution in [-0.2, 0) is 14.3 Å². The summed E-state index contributed by atoms with van der Waals surface area (Å²) in [6.07, 6.45) is 0.544. The van der Waals surface area contributed by atoms with Crippen LogP contribution < -0.4 is 9.47 Å². The number of Topliss-reactive ketones (excluding diaryl/α,β-unsaturated/α-hetero) is 1. The van der Waals surface area contributed by atoms with Gasteiger partial charge in [-0.25, -0.2) is 0 Å². The van der Waals surface area contributed by atoms with Crippen LogP contribution in [0.25, 0.3) is 5.76 Å². The molecule has 7 nitrogen and oxygen atoms in total. The molecular formula is C31H33NO6. The number of hydrogen-bond donors (Lipinski definition) is 1. The number of ketones is 1. The third-order valence-electron chi connectivity index (χ3n) is 6.15. The molecule has 1 heterocycles. The van der Waals surface area contributed by atoms with Gasteiger partial charge in [0, 0.05) is 25.8 Å². The van der Waals surface area contributed by atoms with Gasteiger partial charge in [-0.2, -0.15) is 0 Å². The maximum atomic E-state index is 13.3. The molecule has 1 N–H and O–H groups in total. The second-order valence-electron chi connectivity index (χ2n) is 9.56. The molecule has 38 heavy (non-hydrogen) atoms. The van der Waals surface area contributed by atoms with E-state index in [4.69, 9.17) is 14.2 Å². The predicted molar refractivity (Wildman–Crippen MR) is 145 cm³/mol. The van der Waals surface area contributed by atoms with Gasteiger partial charge >= 0.3 is 0 Å². The van der Waals surface area contributed by atoms with Crippen molar-refractivity contribution in [1.29, 1.82) is 0 Å². The summed E-state index contributed by atoms with van der Waals surface area (Å²) in [4.78, 5) is 27.9. The summed E-state index contributed by atoms with van der Waals surface area (Å²) >= 11 is 0. The van der Waals surface area contributed by atoms with Crippen molar-refractivity contribution in [2.45, 2.75) is 26.3 Å².